The van der Waals surface area contributed by atoms with E-state index in [1.165, 1.54) is 11.1 Å². The zero-order valence-corrected chi connectivity index (χ0v) is 13.7. The molecule has 0 bridgehead atoms. The molecule has 2 aliphatic heterocycles. The average molecular weight is 327 g/mol. The van der Waals surface area contributed by atoms with Crippen LogP contribution in [-0.2, 0) is 17.8 Å². The molecular weight excluding hydrogens is 306 g/mol. The molecule has 1 saturated heterocycles. The predicted molar refractivity (Wildman–Crippen MR) is 87.5 cm³/mol. The van der Waals surface area contributed by atoms with Crippen molar-refractivity contribution in [1.82, 2.24) is 20.1 Å². The Morgan fingerprint density at radius 2 is 2.33 bits per heavy atom. The van der Waals surface area contributed by atoms with Crippen LogP contribution in [0.1, 0.15) is 28.7 Å². The maximum atomic E-state index is 11.9. The van der Waals surface area contributed by atoms with E-state index in [0.717, 1.165) is 37.7 Å². The van der Waals surface area contributed by atoms with Gasteiger partial charge >= 0.3 is 0 Å². The Bertz CT molecular complexity index is 772. The molecule has 24 heavy (non-hydrogen) atoms. The Balaban J connectivity index is 1.51. The van der Waals surface area contributed by atoms with E-state index in [1.807, 2.05) is 13.0 Å². The van der Waals surface area contributed by atoms with Crippen molar-refractivity contribution in [3.8, 4) is 5.75 Å². The number of aromatic amines is 1. The van der Waals surface area contributed by atoms with Gasteiger partial charge in [0, 0.05) is 32.0 Å². The van der Waals surface area contributed by atoms with Crippen molar-refractivity contribution in [3.05, 3.63) is 41.0 Å². The van der Waals surface area contributed by atoms with E-state index in [9.17, 15) is 4.79 Å². The zero-order valence-electron chi connectivity index (χ0n) is 13.7. The summed E-state index contributed by atoms with van der Waals surface area (Å²) in [6, 6.07) is 6.33. The molecule has 4 rings (SSSR count). The molecule has 1 amide bonds. The third kappa shape index (κ3) is 2.75. The summed E-state index contributed by atoms with van der Waals surface area (Å²) in [6.45, 7) is 4.78. The van der Waals surface area contributed by atoms with Gasteiger partial charge in [0.1, 0.15) is 11.6 Å². The first-order chi connectivity index (χ1) is 11.6. The minimum absolute atomic E-state index is 0.0507. The number of fused-ring (bicyclic) bond motifs is 1. The molecule has 7 nitrogen and oxygen atoms in total. The van der Waals surface area contributed by atoms with Crippen LogP contribution in [0.25, 0.3) is 0 Å². The quantitative estimate of drug-likeness (QED) is 0.863. The molecule has 2 atom stereocenters. The molecule has 0 spiro atoms. The van der Waals surface area contributed by atoms with Crippen LogP contribution in [0.3, 0.4) is 0 Å². The minimum atomic E-state index is -0.285. The summed E-state index contributed by atoms with van der Waals surface area (Å²) in [7, 11) is 0. The summed E-state index contributed by atoms with van der Waals surface area (Å²) in [5.74, 6) is 1.84. The van der Waals surface area contributed by atoms with E-state index in [4.69, 9.17) is 10.5 Å². The number of amides is 1. The van der Waals surface area contributed by atoms with E-state index in [1.54, 1.807) is 0 Å². The Morgan fingerprint density at radius 3 is 3.08 bits per heavy atom. The van der Waals surface area contributed by atoms with Gasteiger partial charge in [-0.3, -0.25) is 14.8 Å². The lowest BCUT2D eigenvalue weighted by molar-refractivity contribution is -0.121. The van der Waals surface area contributed by atoms with E-state index in [2.05, 4.69) is 32.2 Å². The summed E-state index contributed by atoms with van der Waals surface area (Å²) in [5, 5.41) is 7.08. The Hall–Kier alpha value is -2.41. The molecule has 2 aromatic rings. The number of hydrogen-bond donors (Lipinski definition) is 2. The molecule has 1 aromatic carbocycles. The summed E-state index contributed by atoms with van der Waals surface area (Å²) >= 11 is 0. The molecule has 7 heteroatoms. The van der Waals surface area contributed by atoms with Gasteiger partial charge in [-0.15, -0.1) is 0 Å². The highest BCUT2D eigenvalue weighted by molar-refractivity contribution is 5.78. The van der Waals surface area contributed by atoms with E-state index in [0.29, 0.717) is 12.4 Å². The first kappa shape index (κ1) is 15.1. The average Bonchev–Trinajstić information content (AvgIpc) is 3.25. The van der Waals surface area contributed by atoms with Crippen molar-refractivity contribution in [1.29, 1.82) is 0 Å². The molecule has 0 radical (unpaired) electrons. The first-order valence-electron chi connectivity index (χ1n) is 8.25. The van der Waals surface area contributed by atoms with Gasteiger partial charge in [0.05, 0.1) is 12.5 Å². The number of likely N-dealkylation sites (tertiary alicyclic amines) is 1. The van der Waals surface area contributed by atoms with Crippen molar-refractivity contribution in [2.75, 3.05) is 19.7 Å². The Labute approximate surface area is 140 Å². The number of H-pyrrole nitrogens is 1. The number of primary amides is 1. The van der Waals surface area contributed by atoms with Crippen molar-refractivity contribution >= 4 is 5.91 Å². The van der Waals surface area contributed by atoms with E-state index >= 15 is 0 Å². The second kappa shape index (κ2) is 5.90. The van der Waals surface area contributed by atoms with Crippen LogP contribution in [0.2, 0.25) is 0 Å². The third-order valence-electron chi connectivity index (χ3n) is 4.87. The van der Waals surface area contributed by atoms with Gasteiger partial charge in [-0.1, -0.05) is 12.1 Å². The second-order valence-corrected chi connectivity index (χ2v) is 6.63. The highest BCUT2D eigenvalue weighted by Crippen LogP contribution is 2.32. The maximum Gasteiger partial charge on any atom is 0.222 e. The number of carbonyl (C=O) groups excluding carboxylic acids is 1. The van der Waals surface area contributed by atoms with Gasteiger partial charge < -0.3 is 10.5 Å². The normalized spacial score (nSPS) is 23.2. The van der Waals surface area contributed by atoms with Crippen molar-refractivity contribution in [2.45, 2.75) is 25.8 Å². The van der Waals surface area contributed by atoms with Gasteiger partial charge in [0.2, 0.25) is 5.91 Å². The summed E-state index contributed by atoms with van der Waals surface area (Å²) in [5.41, 5.74) is 8.11. The lowest BCUT2D eigenvalue weighted by atomic mass is 9.95. The fourth-order valence-corrected chi connectivity index (χ4v) is 3.69. The topological polar surface area (TPSA) is 97.1 Å². The van der Waals surface area contributed by atoms with Crippen LogP contribution >= 0.6 is 0 Å². The molecule has 1 aromatic heterocycles. The third-order valence-corrected chi connectivity index (χ3v) is 4.87. The minimum Gasteiger partial charge on any atom is -0.493 e. The number of nitrogens with two attached hydrogens (primary N) is 1. The maximum absolute atomic E-state index is 11.9. The van der Waals surface area contributed by atoms with Crippen molar-refractivity contribution < 1.29 is 9.53 Å². The van der Waals surface area contributed by atoms with Gasteiger partial charge in [0.25, 0.3) is 0 Å². The number of benzene rings is 1. The van der Waals surface area contributed by atoms with Crippen LogP contribution in [0, 0.1) is 12.8 Å². The van der Waals surface area contributed by atoms with Gasteiger partial charge in [-0.25, -0.2) is 4.98 Å². The number of ether oxygens (including phenoxy) is 1. The fraction of sp³-hybridized carbons (Fsp3) is 0.471. The lowest BCUT2D eigenvalue weighted by Gasteiger charge is -2.15. The van der Waals surface area contributed by atoms with E-state index < -0.39 is 0 Å². The second-order valence-electron chi connectivity index (χ2n) is 6.63. The van der Waals surface area contributed by atoms with Crippen molar-refractivity contribution in [2.24, 2.45) is 11.7 Å². The van der Waals surface area contributed by atoms with Crippen molar-refractivity contribution in [3.63, 3.8) is 0 Å². The van der Waals surface area contributed by atoms with Gasteiger partial charge in [-0.2, -0.15) is 5.10 Å². The van der Waals surface area contributed by atoms with Crippen LogP contribution in [0.5, 0.6) is 5.75 Å². The number of carbonyl (C=O) groups is 1. The number of aryl methyl sites for hydroxylation is 1. The van der Waals surface area contributed by atoms with Crippen LogP contribution in [0.4, 0.5) is 0 Å². The molecular formula is C17H21N5O2. The summed E-state index contributed by atoms with van der Waals surface area (Å²) in [4.78, 5) is 18.5. The Morgan fingerprint density at radius 1 is 1.46 bits per heavy atom. The summed E-state index contributed by atoms with van der Waals surface area (Å²) < 4.78 is 5.55. The van der Waals surface area contributed by atoms with Crippen LogP contribution in [0.15, 0.2) is 18.2 Å². The zero-order chi connectivity index (χ0) is 16.7. The molecule has 0 saturated carbocycles. The van der Waals surface area contributed by atoms with Gasteiger partial charge in [0.15, 0.2) is 5.82 Å². The SMILES string of the molecule is Cc1nc([C@@H]2CN(Cc3ccc4c(c3)CCO4)C[C@H]2C(N)=O)n[nH]1. The van der Waals surface area contributed by atoms with Gasteiger partial charge in [-0.05, 0) is 24.1 Å². The molecule has 1 fully saturated rings. The number of rotatable bonds is 4. The highest BCUT2D eigenvalue weighted by Gasteiger charge is 2.39. The predicted octanol–water partition coefficient (Wildman–Crippen LogP) is 0.749. The Kier molecular flexibility index (Phi) is 3.72. The smallest absolute Gasteiger partial charge is 0.222 e. The van der Waals surface area contributed by atoms with Crippen LogP contribution in [-0.4, -0.2) is 45.7 Å². The molecule has 2 aliphatic rings. The monoisotopic (exact) mass is 327 g/mol. The standard InChI is InChI=1S/C17H21N5O2/c1-10-19-17(21-20-10)14-9-22(8-13(14)16(18)23)7-11-2-3-15-12(6-11)4-5-24-15/h2-3,6,13-14H,4-5,7-9H2,1H3,(H2,18,23)(H,19,20,21)/t13-,14-/m1/s1. The molecule has 0 unspecified atom stereocenters. The summed E-state index contributed by atoms with van der Waals surface area (Å²) in [6.07, 6.45) is 0.964. The first-order valence-corrected chi connectivity index (χ1v) is 8.25. The lowest BCUT2D eigenvalue weighted by Crippen LogP contribution is -2.29. The fourth-order valence-electron chi connectivity index (χ4n) is 3.69. The largest absolute Gasteiger partial charge is 0.493 e. The van der Waals surface area contributed by atoms with Crippen LogP contribution < -0.4 is 10.5 Å². The number of aromatic nitrogens is 3. The number of hydrogen-bond acceptors (Lipinski definition) is 5. The van der Waals surface area contributed by atoms with E-state index in [-0.39, 0.29) is 17.7 Å². The number of nitrogens with zero attached hydrogens (tertiary/aromatic N) is 3. The molecule has 3 heterocycles. The number of nitrogens with one attached hydrogen (secondary N) is 1. The molecule has 126 valence electrons. The highest BCUT2D eigenvalue weighted by atomic mass is 16.5. The molecule has 0 aliphatic carbocycles. The molecule has 3 N–H and O–H groups in total.